The van der Waals surface area contributed by atoms with Crippen LogP contribution in [-0.4, -0.2) is 19.2 Å². The summed E-state index contributed by atoms with van der Waals surface area (Å²) >= 11 is 0. The highest BCUT2D eigenvalue weighted by Gasteiger charge is 2.26. The van der Waals surface area contributed by atoms with Gasteiger partial charge in [0.25, 0.3) is 0 Å². The Kier molecular flexibility index (Phi) is 3.39. The van der Waals surface area contributed by atoms with Crippen LogP contribution >= 0.6 is 0 Å². The maximum absolute atomic E-state index is 11.0. The van der Waals surface area contributed by atoms with Gasteiger partial charge in [0.2, 0.25) is 0 Å². The normalized spacial score (nSPS) is 22.9. The maximum atomic E-state index is 11.0. The summed E-state index contributed by atoms with van der Waals surface area (Å²) in [7, 11) is 0. The number of rotatable bonds is 1. The van der Waals surface area contributed by atoms with Crippen molar-refractivity contribution in [3.8, 4) is 0 Å². The van der Waals surface area contributed by atoms with Gasteiger partial charge in [-0.1, -0.05) is 18.2 Å². The molecule has 2 aliphatic carbocycles. The molecule has 0 unspecified atom stereocenters. The molecule has 0 aromatic rings. The summed E-state index contributed by atoms with van der Waals surface area (Å²) in [5, 5.41) is 0. The molecule has 0 aromatic heterocycles. The SMILES string of the molecule is O=C=C1CC=CC=C1C1COC2=CCCC=C2OC1. The molecular formula is C16H16O3. The van der Waals surface area contributed by atoms with E-state index in [1.54, 1.807) is 0 Å². The monoisotopic (exact) mass is 256 g/mol. The third-order valence-electron chi connectivity index (χ3n) is 3.59. The molecule has 3 nitrogen and oxygen atoms in total. The van der Waals surface area contributed by atoms with E-state index in [1.807, 2.05) is 24.2 Å². The summed E-state index contributed by atoms with van der Waals surface area (Å²) < 4.78 is 11.7. The Morgan fingerprint density at radius 1 is 1.11 bits per heavy atom. The van der Waals surface area contributed by atoms with Crippen LogP contribution in [-0.2, 0) is 14.3 Å². The lowest BCUT2D eigenvalue weighted by Crippen LogP contribution is -2.17. The Labute approximate surface area is 112 Å². The van der Waals surface area contributed by atoms with Crippen LogP contribution in [0.2, 0.25) is 0 Å². The van der Waals surface area contributed by atoms with Crippen LogP contribution in [0.15, 0.2) is 53.0 Å². The smallest absolute Gasteiger partial charge is 0.156 e. The highest BCUT2D eigenvalue weighted by Crippen LogP contribution is 2.31. The molecule has 3 heteroatoms. The van der Waals surface area contributed by atoms with Crippen LogP contribution in [0.5, 0.6) is 0 Å². The third-order valence-corrected chi connectivity index (χ3v) is 3.59. The fourth-order valence-electron chi connectivity index (χ4n) is 2.56. The number of allylic oxidation sites excluding steroid dienone is 6. The molecule has 0 amide bonds. The lowest BCUT2D eigenvalue weighted by molar-refractivity contribution is 0.184. The molecule has 0 saturated carbocycles. The average Bonchev–Trinajstić information content (AvgIpc) is 2.70. The summed E-state index contributed by atoms with van der Waals surface area (Å²) in [6.45, 7) is 1.10. The van der Waals surface area contributed by atoms with Crippen LogP contribution in [0.1, 0.15) is 19.3 Å². The van der Waals surface area contributed by atoms with Crippen LogP contribution in [0, 0.1) is 5.92 Å². The minimum atomic E-state index is 0.0915. The zero-order valence-corrected chi connectivity index (χ0v) is 10.7. The van der Waals surface area contributed by atoms with Gasteiger partial charge >= 0.3 is 0 Å². The van der Waals surface area contributed by atoms with Gasteiger partial charge in [0.05, 0.1) is 19.1 Å². The van der Waals surface area contributed by atoms with Gasteiger partial charge in [-0.3, -0.25) is 0 Å². The second kappa shape index (κ2) is 5.33. The first kappa shape index (κ1) is 12.1. The molecule has 98 valence electrons. The molecule has 0 N–H and O–H groups in total. The van der Waals surface area contributed by atoms with Crippen LogP contribution in [0.25, 0.3) is 0 Å². The highest BCUT2D eigenvalue weighted by molar-refractivity contribution is 5.63. The summed E-state index contributed by atoms with van der Waals surface area (Å²) in [5.41, 5.74) is 1.71. The van der Waals surface area contributed by atoms with Crippen molar-refractivity contribution in [3.63, 3.8) is 0 Å². The molecule has 1 saturated heterocycles. The number of ether oxygens (including phenoxy) is 2. The molecule has 1 fully saturated rings. The van der Waals surface area contributed by atoms with Gasteiger partial charge in [0, 0.05) is 12.0 Å². The molecular weight excluding hydrogens is 240 g/mol. The fourth-order valence-corrected chi connectivity index (χ4v) is 2.56. The minimum absolute atomic E-state index is 0.0915. The zero-order valence-electron chi connectivity index (χ0n) is 10.7. The molecule has 0 atom stereocenters. The van der Waals surface area contributed by atoms with Crippen LogP contribution in [0.3, 0.4) is 0 Å². The van der Waals surface area contributed by atoms with E-state index in [2.05, 4.69) is 12.2 Å². The van der Waals surface area contributed by atoms with Gasteiger partial charge in [-0.05, 0) is 30.6 Å². The van der Waals surface area contributed by atoms with E-state index < -0.39 is 0 Å². The van der Waals surface area contributed by atoms with Crippen molar-refractivity contribution in [2.75, 3.05) is 13.2 Å². The Morgan fingerprint density at radius 3 is 2.42 bits per heavy atom. The van der Waals surface area contributed by atoms with E-state index in [0.29, 0.717) is 25.2 Å². The van der Waals surface area contributed by atoms with Crippen molar-refractivity contribution >= 4 is 5.94 Å². The maximum Gasteiger partial charge on any atom is 0.156 e. The fraction of sp³-hybridized carbons (Fsp3) is 0.375. The molecule has 3 aliphatic rings. The number of carbonyl (C=O) groups excluding carboxylic acids is 1. The van der Waals surface area contributed by atoms with E-state index in [1.165, 1.54) is 0 Å². The third kappa shape index (κ3) is 2.42. The van der Waals surface area contributed by atoms with E-state index in [-0.39, 0.29) is 5.92 Å². The first-order valence-corrected chi connectivity index (χ1v) is 6.66. The molecule has 0 spiro atoms. The molecule has 1 heterocycles. The van der Waals surface area contributed by atoms with Gasteiger partial charge in [0.1, 0.15) is 5.94 Å². The van der Waals surface area contributed by atoms with Gasteiger partial charge in [-0.2, -0.15) is 0 Å². The number of hydrogen-bond donors (Lipinski definition) is 0. The van der Waals surface area contributed by atoms with E-state index in [0.717, 1.165) is 29.9 Å². The first-order chi connectivity index (χ1) is 9.38. The second-order valence-corrected chi connectivity index (χ2v) is 4.87. The van der Waals surface area contributed by atoms with Gasteiger partial charge in [0.15, 0.2) is 11.5 Å². The summed E-state index contributed by atoms with van der Waals surface area (Å²) in [6, 6.07) is 0. The standard InChI is InChI=1S/C16H16O3/c17-9-12-5-1-2-6-14(12)13-10-18-15-7-3-4-8-16(15)19-11-13/h1-2,6-8,13H,3-5,10-11H2. The highest BCUT2D eigenvalue weighted by atomic mass is 16.5. The molecule has 1 aliphatic heterocycles. The quantitative estimate of drug-likeness (QED) is 0.677. The number of hydrogen-bond acceptors (Lipinski definition) is 3. The average molecular weight is 256 g/mol. The van der Waals surface area contributed by atoms with Gasteiger partial charge in [-0.15, -0.1) is 0 Å². The topological polar surface area (TPSA) is 35.5 Å². The number of fused-ring (bicyclic) bond motifs is 1. The van der Waals surface area contributed by atoms with E-state index in [4.69, 9.17) is 9.47 Å². The summed E-state index contributed by atoms with van der Waals surface area (Å²) in [6.07, 6.45) is 12.7. The predicted octanol–water partition coefficient (Wildman–Crippen LogP) is 2.86. The molecule has 3 rings (SSSR count). The lowest BCUT2D eigenvalue weighted by Gasteiger charge is -2.19. The Bertz CT molecular complexity index is 518. The molecule has 19 heavy (non-hydrogen) atoms. The van der Waals surface area contributed by atoms with Crippen molar-refractivity contribution in [2.45, 2.75) is 19.3 Å². The Hall–Kier alpha value is -1.99. The largest absolute Gasteiger partial charge is 0.489 e. The van der Waals surface area contributed by atoms with Crippen molar-refractivity contribution in [1.29, 1.82) is 0 Å². The summed E-state index contributed by atoms with van der Waals surface area (Å²) in [5.74, 6) is 3.82. The minimum Gasteiger partial charge on any atom is -0.489 e. The van der Waals surface area contributed by atoms with Crippen molar-refractivity contribution in [1.82, 2.24) is 0 Å². The molecule has 0 aromatic carbocycles. The lowest BCUT2D eigenvalue weighted by atomic mass is 9.89. The van der Waals surface area contributed by atoms with Gasteiger partial charge < -0.3 is 9.47 Å². The van der Waals surface area contributed by atoms with E-state index >= 15 is 0 Å². The Morgan fingerprint density at radius 2 is 1.79 bits per heavy atom. The molecule has 0 bridgehead atoms. The predicted molar refractivity (Wildman–Crippen MR) is 71.8 cm³/mol. The van der Waals surface area contributed by atoms with E-state index in [9.17, 15) is 4.79 Å². The first-order valence-electron chi connectivity index (χ1n) is 6.66. The Balaban J connectivity index is 1.82. The zero-order chi connectivity index (χ0) is 13.1. The second-order valence-electron chi connectivity index (χ2n) is 4.87. The van der Waals surface area contributed by atoms with Crippen molar-refractivity contribution in [3.05, 3.63) is 53.0 Å². The van der Waals surface area contributed by atoms with Crippen molar-refractivity contribution in [2.24, 2.45) is 5.92 Å². The van der Waals surface area contributed by atoms with Gasteiger partial charge in [-0.25, -0.2) is 4.79 Å². The molecule has 0 radical (unpaired) electrons. The summed E-state index contributed by atoms with van der Waals surface area (Å²) in [4.78, 5) is 11.0. The van der Waals surface area contributed by atoms with Crippen LogP contribution < -0.4 is 0 Å². The van der Waals surface area contributed by atoms with Crippen molar-refractivity contribution < 1.29 is 14.3 Å². The van der Waals surface area contributed by atoms with Crippen LogP contribution in [0.4, 0.5) is 0 Å².